The van der Waals surface area contributed by atoms with Gasteiger partial charge in [-0.3, -0.25) is 14.4 Å². The first-order valence-corrected chi connectivity index (χ1v) is 16.7. The molecule has 3 atom stereocenters. The largest absolute Gasteiger partial charge is 0.481 e. The van der Waals surface area contributed by atoms with E-state index in [9.17, 15) is 29.7 Å². The molecule has 0 amide bonds. The van der Waals surface area contributed by atoms with E-state index in [1.807, 2.05) is 6.08 Å². The Kier molecular flexibility index (Phi) is 23.5. The van der Waals surface area contributed by atoms with Crippen LogP contribution in [0, 0.1) is 17.8 Å². The highest BCUT2D eigenvalue weighted by Crippen LogP contribution is 2.22. The lowest BCUT2D eigenvalue weighted by Crippen LogP contribution is -2.52. The van der Waals surface area contributed by atoms with E-state index in [0.717, 1.165) is 25.8 Å². The molecule has 0 aliphatic rings. The van der Waals surface area contributed by atoms with E-state index in [4.69, 9.17) is 0 Å². The number of aliphatic carboxylic acids is 3. The maximum atomic E-state index is 11.5. The maximum Gasteiger partial charge on any atom is 0.306 e. The zero-order valence-electron chi connectivity index (χ0n) is 26.8. The molecule has 0 fully saturated rings. The molecule has 0 aliphatic heterocycles. The fourth-order valence-electron chi connectivity index (χ4n) is 5.48. The predicted molar refractivity (Wildman–Crippen MR) is 168 cm³/mol. The number of nitrogens with zero attached hydrogens (tertiary/aromatic N) is 1. The SMILES string of the molecule is C=CCCCCCCCCCCCCCCCCC[N+](CCC(C)C(=O)O)(CCC(C)C(=O)O)CCC(C)C(=O)O. The van der Waals surface area contributed by atoms with Crippen LogP contribution >= 0.6 is 0 Å². The summed E-state index contributed by atoms with van der Waals surface area (Å²) in [6, 6.07) is 0. The monoisotopic (exact) mass is 582 g/mol. The smallest absolute Gasteiger partial charge is 0.306 e. The van der Waals surface area contributed by atoms with Crippen LogP contribution in [0.5, 0.6) is 0 Å². The highest BCUT2D eigenvalue weighted by atomic mass is 16.4. The molecule has 7 nitrogen and oxygen atoms in total. The number of quaternary nitrogens is 1. The van der Waals surface area contributed by atoms with Crippen molar-refractivity contribution >= 4 is 17.9 Å². The first-order chi connectivity index (χ1) is 19.5. The molecule has 0 saturated carbocycles. The highest BCUT2D eigenvalue weighted by Gasteiger charge is 2.31. The molecule has 0 rings (SSSR count). The zero-order valence-corrected chi connectivity index (χ0v) is 26.8. The van der Waals surface area contributed by atoms with Crippen LogP contribution in [0.4, 0.5) is 0 Å². The van der Waals surface area contributed by atoms with Crippen molar-refractivity contribution in [3.05, 3.63) is 12.7 Å². The Bertz CT molecular complexity index is 650. The van der Waals surface area contributed by atoms with Crippen molar-refractivity contribution in [2.75, 3.05) is 26.2 Å². The fourth-order valence-corrected chi connectivity index (χ4v) is 5.48. The molecule has 0 spiro atoms. The summed E-state index contributed by atoms with van der Waals surface area (Å²) in [6.45, 7) is 11.7. The van der Waals surface area contributed by atoms with E-state index >= 15 is 0 Å². The van der Waals surface area contributed by atoms with Gasteiger partial charge in [0.15, 0.2) is 0 Å². The van der Waals surface area contributed by atoms with Crippen LogP contribution in [-0.2, 0) is 14.4 Å². The van der Waals surface area contributed by atoms with E-state index < -0.39 is 35.7 Å². The first kappa shape index (κ1) is 39.1. The highest BCUT2D eigenvalue weighted by molar-refractivity contribution is 5.70. The molecule has 0 aromatic rings. The summed E-state index contributed by atoms with van der Waals surface area (Å²) in [7, 11) is 0. The summed E-state index contributed by atoms with van der Waals surface area (Å²) in [4.78, 5) is 34.5. The summed E-state index contributed by atoms with van der Waals surface area (Å²) in [5, 5.41) is 28.3. The molecule has 0 aromatic carbocycles. The standard InChI is InChI=1S/C34H63NO6/c1-5-6-7-8-9-10-11-12-13-14-15-16-17-18-19-20-21-25-35(26-22-29(2)32(36)37,27-23-30(3)33(38)39)28-24-31(4)34(40)41/h5,29-31H,1,6-28H2,2-4H3,(H2-,36,37,38,39,40,41)/p+1. The second-order valence-corrected chi connectivity index (χ2v) is 12.7. The van der Waals surface area contributed by atoms with Crippen molar-refractivity contribution in [1.29, 1.82) is 0 Å². The molecule has 0 aliphatic carbocycles. The Balaban J connectivity index is 4.53. The van der Waals surface area contributed by atoms with Crippen LogP contribution in [0.25, 0.3) is 0 Å². The molecule has 7 heteroatoms. The van der Waals surface area contributed by atoms with Gasteiger partial charge in [0.2, 0.25) is 0 Å². The third-order valence-electron chi connectivity index (χ3n) is 8.91. The lowest BCUT2D eigenvalue weighted by molar-refractivity contribution is -0.929. The minimum Gasteiger partial charge on any atom is -0.481 e. The second-order valence-electron chi connectivity index (χ2n) is 12.7. The molecule has 0 saturated heterocycles. The van der Waals surface area contributed by atoms with Crippen LogP contribution < -0.4 is 0 Å². The van der Waals surface area contributed by atoms with Crippen LogP contribution in [0.2, 0.25) is 0 Å². The first-order valence-electron chi connectivity index (χ1n) is 16.7. The van der Waals surface area contributed by atoms with Crippen LogP contribution in [0.3, 0.4) is 0 Å². The average Bonchev–Trinajstić information content (AvgIpc) is 2.94. The number of carboxylic acid groups (broad SMARTS) is 3. The van der Waals surface area contributed by atoms with Gasteiger partial charge in [-0.15, -0.1) is 6.58 Å². The quantitative estimate of drug-likeness (QED) is 0.0444. The van der Waals surface area contributed by atoms with Gasteiger partial charge in [0.1, 0.15) is 0 Å². The maximum absolute atomic E-state index is 11.5. The number of rotatable bonds is 30. The van der Waals surface area contributed by atoms with E-state index in [0.29, 0.717) is 43.4 Å². The number of hydrogen-bond donors (Lipinski definition) is 3. The molecule has 3 N–H and O–H groups in total. The summed E-state index contributed by atoms with van der Waals surface area (Å²) in [5.74, 6) is -3.90. The van der Waals surface area contributed by atoms with Crippen molar-refractivity contribution in [2.24, 2.45) is 17.8 Å². The Morgan fingerprint density at radius 3 is 1.05 bits per heavy atom. The average molecular weight is 583 g/mol. The van der Waals surface area contributed by atoms with Crippen LogP contribution in [-0.4, -0.2) is 63.9 Å². The third kappa shape index (κ3) is 21.5. The molecule has 0 bridgehead atoms. The van der Waals surface area contributed by atoms with E-state index in [1.54, 1.807) is 20.8 Å². The minimum atomic E-state index is -0.823. The minimum absolute atomic E-state index is 0.478. The Morgan fingerprint density at radius 2 is 0.780 bits per heavy atom. The van der Waals surface area contributed by atoms with Crippen molar-refractivity contribution in [3.8, 4) is 0 Å². The van der Waals surface area contributed by atoms with Gasteiger partial charge in [0.05, 0.1) is 43.9 Å². The molecule has 240 valence electrons. The number of carboxylic acids is 3. The Morgan fingerprint density at radius 1 is 0.512 bits per heavy atom. The van der Waals surface area contributed by atoms with E-state index in [2.05, 4.69) is 6.58 Å². The second kappa shape index (κ2) is 24.7. The molecule has 0 heterocycles. The van der Waals surface area contributed by atoms with Gasteiger partial charge in [0, 0.05) is 19.3 Å². The Labute approximate surface area is 251 Å². The molecular weight excluding hydrogens is 518 g/mol. The molecule has 41 heavy (non-hydrogen) atoms. The summed E-state index contributed by atoms with van der Waals surface area (Å²) >= 11 is 0. The van der Waals surface area contributed by atoms with Gasteiger partial charge in [0.25, 0.3) is 0 Å². The predicted octanol–water partition coefficient (Wildman–Crippen LogP) is 8.56. The zero-order chi connectivity index (χ0) is 30.9. The van der Waals surface area contributed by atoms with Crippen LogP contribution in [0.15, 0.2) is 12.7 Å². The normalized spacial score (nSPS) is 15.1. The van der Waals surface area contributed by atoms with Gasteiger partial charge < -0.3 is 19.8 Å². The van der Waals surface area contributed by atoms with Crippen molar-refractivity contribution in [2.45, 2.75) is 143 Å². The third-order valence-corrected chi connectivity index (χ3v) is 8.91. The summed E-state index contributed by atoms with van der Waals surface area (Å²) in [6.07, 6.45) is 23.9. The van der Waals surface area contributed by atoms with Gasteiger partial charge in [-0.05, 0) is 25.7 Å². The number of hydrogen-bond acceptors (Lipinski definition) is 3. The van der Waals surface area contributed by atoms with Gasteiger partial charge in [-0.25, -0.2) is 0 Å². The number of unbranched alkanes of at least 4 members (excludes halogenated alkanes) is 15. The summed E-state index contributed by atoms with van der Waals surface area (Å²) < 4.78 is 0.613. The molecule has 3 unspecified atom stereocenters. The van der Waals surface area contributed by atoms with Crippen molar-refractivity contribution in [1.82, 2.24) is 0 Å². The van der Waals surface area contributed by atoms with E-state index in [-0.39, 0.29) is 0 Å². The Hall–Kier alpha value is -1.89. The number of carbonyl (C=O) groups is 3. The summed E-state index contributed by atoms with van der Waals surface area (Å²) in [5.41, 5.74) is 0. The van der Waals surface area contributed by atoms with Crippen molar-refractivity contribution in [3.63, 3.8) is 0 Å². The lowest BCUT2D eigenvalue weighted by atomic mass is 10.0. The van der Waals surface area contributed by atoms with Gasteiger partial charge in [-0.1, -0.05) is 104 Å². The van der Waals surface area contributed by atoms with Crippen LogP contribution in [0.1, 0.15) is 143 Å². The van der Waals surface area contributed by atoms with E-state index in [1.165, 1.54) is 83.5 Å². The molecule has 0 radical (unpaired) electrons. The molecular formula is C34H64NO6+. The molecule has 0 aromatic heterocycles. The van der Waals surface area contributed by atoms with Gasteiger partial charge in [-0.2, -0.15) is 0 Å². The van der Waals surface area contributed by atoms with Crippen molar-refractivity contribution < 1.29 is 34.2 Å². The number of allylic oxidation sites excluding steroid dienone is 1. The lowest BCUT2D eigenvalue weighted by Gasteiger charge is -2.40. The van der Waals surface area contributed by atoms with Gasteiger partial charge >= 0.3 is 17.9 Å². The topological polar surface area (TPSA) is 112 Å². The fraction of sp³-hybridized carbons (Fsp3) is 0.853.